The summed E-state index contributed by atoms with van der Waals surface area (Å²) in [6.45, 7) is 4.37. The SMILES string of the molecule is CC/C=C\C/C=C\C/C=C\C/C=C\C/C=C\CCCCCC(=O)OCC(COP(=O)(O)OCC(O)COP(=O)(O)OCC(COC(=O)CCCCCCC/C=C\C/C=C\C/C=C\CC)OC(=O)CCCCCCC/C=C\C/C=C\CCCCC)OC(=O)CCCC/C=C\C/C=C\C/C=C\C/C=C\CC. The number of aliphatic hydroxyl groups excluding tert-OH is 1. The second-order valence-electron chi connectivity index (χ2n) is 25.5. The number of carbonyl (C=O) groups is 4. The van der Waals surface area contributed by atoms with Crippen molar-refractivity contribution in [1.82, 2.24) is 0 Å². The molecule has 0 aromatic heterocycles. The van der Waals surface area contributed by atoms with Crippen LogP contribution in [-0.2, 0) is 65.4 Å². The number of rotatable bonds is 72. The van der Waals surface area contributed by atoms with Crippen molar-refractivity contribution < 1.29 is 80.2 Å². The van der Waals surface area contributed by atoms with Gasteiger partial charge in [-0.15, -0.1) is 0 Å². The molecule has 0 saturated heterocycles. The summed E-state index contributed by atoms with van der Waals surface area (Å²) in [4.78, 5) is 73.0. The molecule has 590 valence electrons. The molecular weight excluding hydrogens is 1350 g/mol. The number of phosphoric ester groups is 2. The van der Waals surface area contributed by atoms with E-state index in [1.54, 1.807) is 0 Å². The lowest BCUT2D eigenvalue weighted by Gasteiger charge is -2.21. The summed E-state index contributed by atoms with van der Waals surface area (Å²) in [7, 11) is -10.0. The van der Waals surface area contributed by atoms with Crippen molar-refractivity contribution in [3.8, 4) is 0 Å². The first-order chi connectivity index (χ1) is 50.7. The van der Waals surface area contributed by atoms with Crippen LogP contribution in [0.4, 0.5) is 0 Å². The monoisotopic (exact) mass is 1490 g/mol. The number of hydrogen-bond donors (Lipinski definition) is 3. The number of aliphatic hydroxyl groups is 1. The topological polar surface area (TPSA) is 237 Å². The summed E-state index contributed by atoms with van der Waals surface area (Å²) in [5.74, 6) is -2.31. The Labute approximate surface area is 629 Å². The van der Waals surface area contributed by atoms with E-state index in [0.29, 0.717) is 32.1 Å². The molecule has 0 spiro atoms. The van der Waals surface area contributed by atoms with Crippen molar-refractivity contribution >= 4 is 39.5 Å². The lowest BCUT2D eigenvalue weighted by molar-refractivity contribution is -0.161. The average molecular weight is 1490 g/mol. The molecule has 0 aromatic rings. The van der Waals surface area contributed by atoms with E-state index in [1.165, 1.54) is 19.3 Å². The summed E-state index contributed by atoms with van der Waals surface area (Å²) < 4.78 is 68.5. The Balaban J connectivity index is 5.47. The van der Waals surface area contributed by atoms with Gasteiger partial charge in [-0.25, -0.2) is 9.13 Å². The standard InChI is InChI=1S/C85H138O17P2/c1-5-9-13-17-21-25-29-33-37-38-39-40-44-46-50-54-58-62-66-70-83(88)96-76-81(102-85(90)72-68-64-60-56-52-48-43-36-32-28-24-20-16-12-8-4)78-100-104(93,94)98-74-79(86)73-97-103(91,92)99-77-80(101-84(89)71-67-63-59-55-51-47-42-35-31-27-23-19-15-11-7-3)75-95-82(87)69-65-61-57-53-49-45-41-34-30-26-22-18-14-10-6-2/h9-10,12-14,16,21-28,33-37,39-43,46,50,52,56,79-81,86H,5-8,11,15,17-20,29-32,38,44-45,47-49,51,53-55,57-78H2,1-4H3,(H,91,92)(H,93,94)/b13-9-,14-10-,16-12-,25-21-,26-22-,27-23-,28-24-,37-33-,40-39-,41-34-,42-35-,43-36-,50-46-,56-52-. The Hall–Kier alpha value is -5.58. The minimum absolute atomic E-state index is 0.0281. The molecule has 0 aliphatic heterocycles. The number of ether oxygens (including phenoxy) is 4. The molecule has 5 unspecified atom stereocenters. The van der Waals surface area contributed by atoms with Gasteiger partial charge in [0.15, 0.2) is 12.2 Å². The number of allylic oxidation sites excluding steroid dienone is 28. The summed E-state index contributed by atoms with van der Waals surface area (Å²) >= 11 is 0. The first-order valence-electron chi connectivity index (χ1n) is 39.4. The molecule has 0 heterocycles. The highest BCUT2D eigenvalue weighted by Crippen LogP contribution is 2.45. The molecule has 0 saturated carbocycles. The minimum Gasteiger partial charge on any atom is -0.462 e. The molecule has 17 nitrogen and oxygen atoms in total. The van der Waals surface area contributed by atoms with E-state index in [-0.39, 0.29) is 25.7 Å². The zero-order chi connectivity index (χ0) is 76.0. The van der Waals surface area contributed by atoms with Crippen molar-refractivity contribution in [3.63, 3.8) is 0 Å². The van der Waals surface area contributed by atoms with E-state index >= 15 is 0 Å². The van der Waals surface area contributed by atoms with Crippen LogP contribution in [0.15, 0.2) is 170 Å². The van der Waals surface area contributed by atoms with Gasteiger partial charge >= 0.3 is 39.5 Å². The molecule has 3 N–H and O–H groups in total. The molecule has 0 fully saturated rings. The van der Waals surface area contributed by atoms with Crippen LogP contribution in [0.3, 0.4) is 0 Å². The second kappa shape index (κ2) is 75.6. The maximum absolute atomic E-state index is 13.1. The highest BCUT2D eigenvalue weighted by molar-refractivity contribution is 7.47. The fraction of sp³-hybridized carbons (Fsp3) is 0.624. The quantitative estimate of drug-likeness (QED) is 0.0169. The summed E-state index contributed by atoms with van der Waals surface area (Å²) in [5, 5.41) is 10.6. The summed E-state index contributed by atoms with van der Waals surface area (Å²) in [6, 6.07) is 0. The second-order valence-corrected chi connectivity index (χ2v) is 28.4. The van der Waals surface area contributed by atoms with Gasteiger partial charge in [0.25, 0.3) is 0 Å². The fourth-order valence-corrected chi connectivity index (χ4v) is 11.3. The molecule has 5 atom stereocenters. The first-order valence-corrected chi connectivity index (χ1v) is 42.4. The minimum atomic E-state index is -5.01. The number of carbonyl (C=O) groups excluding carboxylic acids is 4. The Kier molecular flexibility index (Phi) is 71.6. The van der Waals surface area contributed by atoms with E-state index in [0.717, 1.165) is 180 Å². The van der Waals surface area contributed by atoms with E-state index in [9.17, 15) is 43.2 Å². The molecule has 0 amide bonds. The average Bonchev–Trinajstić information content (AvgIpc) is 0.918. The van der Waals surface area contributed by atoms with Crippen molar-refractivity contribution in [3.05, 3.63) is 170 Å². The molecule has 0 radical (unpaired) electrons. The van der Waals surface area contributed by atoms with Crippen LogP contribution in [0, 0.1) is 0 Å². The van der Waals surface area contributed by atoms with Crippen LogP contribution in [-0.4, -0.2) is 96.7 Å². The van der Waals surface area contributed by atoms with Crippen LogP contribution in [0.2, 0.25) is 0 Å². The number of unbranched alkanes of at least 4 members (excludes halogenated alkanes) is 18. The van der Waals surface area contributed by atoms with E-state index < -0.39 is 97.5 Å². The zero-order valence-corrected chi connectivity index (χ0v) is 66.2. The van der Waals surface area contributed by atoms with Gasteiger partial charge in [-0.3, -0.25) is 37.3 Å². The van der Waals surface area contributed by atoms with Crippen LogP contribution in [0.1, 0.15) is 285 Å². The molecule has 0 rings (SSSR count). The van der Waals surface area contributed by atoms with Crippen molar-refractivity contribution in [1.29, 1.82) is 0 Å². The van der Waals surface area contributed by atoms with E-state index in [1.807, 2.05) is 0 Å². The molecule has 0 aromatic carbocycles. The van der Waals surface area contributed by atoms with Gasteiger partial charge in [0.1, 0.15) is 19.3 Å². The Morgan fingerprint density at radius 3 is 0.798 bits per heavy atom. The summed E-state index contributed by atoms with van der Waals surface area (Å²) in [6.07, 6.45) is 89.1. The maximum Gasteiger partial charge on any atom is 0.472 e. The predicted octanol–water partition coefficient (Wildman–Crippen LogP) is 23.0. The largest absolute Gasteiger partial charge is 0.472 e. The van der Waals surface area contributed by atoms with Crippen molar-refractivity contribution in [2.45, 2.75) is 303 Å². The van der Waals surface area contributed by atoms with Crippen LogP contribution < -0.4 is 0 Å². The summed E-state index contributed by atoms with van der Waals surface area (Å²) in [5.41, 5.74) is 0. The van der Waals surface area contributed by atoms with Crippen LogP contribution >= 0.6 is 15.6 Å². The predicted molar refractivity (Wildman–Crippen MR) is 426 cm³/mol. The highest BCUT2D eigenvalue weighted by Gasteiger charge is 2.30. The van der Waals surface area contributed by atoms with Crippen molar-refractivity contribution in [2.75, 3.05) is 39.6 Å². The zero-order valence-electron chi connectivity index (χ0n) is 64.4. The molecular formula is C85H138O17P2. The third kappa shape index (κ3) is 74.7. The van der Waals surface area contributed by atoms with Crippen LogP contribution in [0.25, 0.3) is 0 Å². The maximum atomic E-state index is 13.1. The Morgan fingerprint density at radius 1 is 0.279 bits per heavy atom. The van der Waals surface area contributed by atoms with Crippen molar-refractivity contribution in [2.24, 2.45) is 0 Å². The van der Waals surface area contributed by atoms with E-state index in [4.69, 9.17) is 37.0 Å². The van der Waals surface area contributed by atoms with E-state index in [2.05, 4.69) is 198 Å². The molecule has 19 heteroatoms. The first kappa shape index (κ1) is 98.4. The van der Waals surface area contributed by atoms with Gasteiger partial charge in [0.05, 0.1) is 26.4 Å². The molecule has 0 bridgehead atoms. The lowest BCUT2D eigenvalue weighted by atomic mass is 10.1. The van der Waals surface area contributed by atoms with Gasteiger partial charge in [0, 0.05) is 25.7 Å². The Morgan fingerprint density at radius 2 is 0.500 bits per heavy atom. The van der Waals surface area contributed by atoms with Gasteiger partial charge in [-0.05, 0) is 173 Å². The number of esters is 4. The van der Waals surface area contributed by atoms with Crippen LogP contribution in [0.5, 0.6) is 0 Å². The number of hydrogen-bond acceptors (Lipinski definition) is 15. The third-order valence-electron chi connectivity index (χ3n) is 15.7. The van der Waals surface area contributed by atoms with Gasteiger partial charge in [-0.1, -0.05) is 256 Å². The van der Waals surface area contributed by atoms with Gasteiger partial charge in [0.2, 0.25) is 0 Å². The molecule has 0 aliphatic carbocycles. The van der Waals surface area contributed by atoms with Gasteiger partial charge in [-0.2, -0.15) is 0 Å². The smallest absolute Gasteiger partial charge is 0.462 e. The number of phosphoric acid groups is 2. The van der Waals surface area contributed by atoms with Gasteiger partial charge < -0.3 is 33.8 Å². The Bertz CT molecular complexity index is 2640. The molecule has 104 heavy (non-hydrogen) atoms. The normalized spacial score (nSPS) is 14.8. The molecule has 0 aliphatic rings. The highest BCUT2D eigenvalue weighted by atomic mass is 31.2. The lowest BCUT2D eigenvalue weighted by Crippen LogP contribution is -2.30. The third-order valence-corrected chi connectivity index (χ3v) is 17.6. The fourth-order valence-electron chi connectivity index (χ4n) is 9.75.